The normalized spacial score (nSPS) is 11.7. The lowest BCUT2D eigenvalue weighted by molar-refractivity contribution is 0.0562. The number of aromatic nitrogens is 1. The Balaban J connectivity index is 1.63. The first-order valence-corrected chi connectivity index (χ1v) is 13.7. The highest BCUT2D eigenvalue weighted by Crippen LogP contribution is 2.32. The Kier molecular flexibility index (Phi) is 9.28. The molecule has 200 valence electrons. The quantitative estimate of drug-likeness (QED) is 0.142. The van der Waals surface area contributed by atoms with Crippen LogP contribution < -0.4 is 10.0 Å². The summed E-state index contributed by atoms with van der Waals surface area (Å²) in [7, 11) is 0. The molecule has 0 unspecified atom stereocenters. The van der Waals surface area contributed by atoms with Crippen LogP contribution >= 0.6 is 23.5 Å². The number of carbonyl (C=O) groups excluding carboxylic acids is 1. The molecular weight excluding hydrogens is 528 g/mol. The Bertz CT molecular complexity index is 1430. The number of aryl methyl sites for hydroxylation is 1. The molecule has 6 nitrogen and oxygen atoms in total. The number of nitrogens with one attached hydrogen (secondary N) is 2. The van der Waals surface area contributed by atoms with Crippen molar-refractivity contribution in [2.75, 3.05) is 0 Å². The predicted octanol–water partition coefficient (Wildman–Crippen LogP) is 8.06. The lowest BCUT2D eigenvalue weighted by Crippen LogP contribution is -2.41. The van der Waals surface area contributed by atoms with Gasteiger partial charge in [-0.25, -0.2) is 9.79 Å². The van der Waals surface area contributed by atoms with Crippen molar-refractivity contribution in [3.05, 3.63) is 107 Å². The lowest BCUT2D eigenvalue weighted by Gasteiger charge is -2.20. The summed E-state index contributed by atoms with van der Waals surface area (Å²) >= 11 is 7.50. The molecule has 4 rings (SSSR count). The molecule has 0 radical (unpaired) electrons. The molecule has 1 heterocycles. The molecule has 0 atom stereocenters. The number of alkyl carbamates (subject to hydrolysis) is 1. The predicted molar refractivity (Wildman–Crippen MR) is 161 cm³/mol. The summed E-state index contributed by atoms with van der Waals surface area (Å²) in [5.41, 5.74) is 5.29. The standard InChI is InChI=1S/C31H31ClN4O2S/c1-21-10-12-24(13-11-21)28-27(23-14-16-25(32)17-15-23)18-22(19-33-28)20-34-29(35-30(37)38-31(2,3)4)36-39-26-8-6-5-7-9-26/h5-19H,20H2,1-4H3,(H2,34,35,36,37). The summed E-state index contributed by atoms with van der Waals surface area (Å²) in [5, 5.41) is 3.40. The minimum Gasteiger partial charge on any atom is -0.444 e. The van der Waals surface area contributed by atoms with Crippen LogP contribution in [0.4, 0.5) is 4.79 Å². The van der Waals surface area contributed by atoms with Gasteiger partial charge in [-0.1, -0.05) is 71.8 Å². The minimum atomic E-state index is -0.634. The van der Waals surface area contributed by atoms with E-state index in [1.165, 1.54) is 17.5 Å². The van der Waals surface area contributed by atoms with Crippen LogP contribution in [-0.4, -0.2) is 22.6 Å². The second kappa shape index (κ2) is 12.8. The molecule has 0 fully saturated rings. The topological polar surface area (TPSA) is 75.6 Å². The Morgan fingerprint density at radius 3 is 2.31 bits per heavy atom. The van der Waals surface area contributed by atoms with E-state index < -0.39 is 11.7 Å². The molecule has 0 aliphatic carbocycles. The van der Waals surface area contributed by atoms with Gasteiger partial charge in [0.15, 0.2) is 0 Å². The third-order valence-corrected chi connectivity index (χ3v) is 6.53. The summed E-state index contributed by atoms with van der Waals surface area (Å²) in [5.74, 6) is 0.286. The van der Waals surface area contributed by atoms with E-state index in [0.717, 1.165) is 32.8 Å². The van der Waals surface area contributed by atoms with E-state index in [9.17, 15) is 4.79 Å². The van der Waals surface area contributed by atoms with Crippen LogP contribution in [0.25, 0.3) is 22.4 Å². The van der Waals surface area contributed by atoms with Gasteiger partial charge >= 0.3 is 6.09 Å². The zero-order chi connectivity index (χ0) is 27.8. The Morgan fingerprint density at radius 1 is 0.974 bits per heavy atom. The first-order valence-electron chi connectivity index (χ1n) is 12.5. The van der Waals surface area contributed by atoms with Gasteiger partial charge in [-0.3, -0.25) is 15.0 Å². The number of aliphatic imine (C=N–C) groups is 1. The Morgan fingerprint density at radius 2 is 1.64 bits per heavy atom. The van der Waals surface area contributed by atoms with E-state index in [4.69, 9.17) is 21.3 Å². The van der Waals surface area contributed by atoms with Crippen molar-refractivity contribution in [2.24, 2.45) is 4.99 Å². The Hall–Kier alpha value is -3.81. The summed E-state index contributed by atoms with van der Waals surface area (Å²) in [6.45, 7) is 7.79. The summed E-state index contributed by atoms with van der Waals surface area (Å²) in [6.07, 6.45) is 1.23. The van der Waals surface area contributed by atoms with Crippen LogP contribution in [0.3, 0.4) is 0 Å². The van der Waals surface area contributed by atoms with E-state index >= 15 is 0 Å². The molecule has 1 aromatic heterocycles. The van der Waals surface area contributed by atoms with Crippen molar-refractivity contribution < 1.29 is 9.53 Å². The number of benzene rings is 3. The maximum Gasteiger partial charge on any atom is 0.414 e. The first-order chi connectivity index (χ1) is 18.7. The highest BCUT2D eigenvalue weighted by atomic mass is 35.5. The zero-order valence-corrected chi connectivity index (χ0v) is 23.9. The maximum absolute atomic E-state index is 12.5. The highest BCUT2D eigenvalue weighted by Gasteiger charge is 2.18. The molecule has 0 aliphatic rings. The fourth-order valence-electron chi connectivity index (χ4n) is 3.65. The van der Waals surface area contributed by atoms with Gasteiger partial charge in [0.05, 0.1) is 12.2 Å². The van der Waals surface area contributed by atoms with E-state index in [1.807, 2.05) is 81.6 Å². The number of amides is 1. The molecule has 8 heteroatoms. The van der Waals surface area contributed by atoms with Crippen molar-refractivity contribution in [2.45, 2.75) is 44.7 Å². The minimum absolute atomic E-state index is 0.286. The second-order valence-corrected chi connectivity index (χ2v) is 11.2. The van der Waals surface area contributed by atoms with Crippen molar-refractivity contribution in [3.8, 4) is 22.4 Å². The molecule has 2 N–H and O–H groups in total. The average Bonchev–Trinajstić information content (AvgIpc) is 2.90. The summed E-state index contributed by atoms with van der Waals surface area (Å²) in [6, 6.07) is 27.8. The van der Waals surface area contributed by atoms with Crippen LogP contribution in [0.15, 0.2) is 101 Å². The Labute approximate surface area is 239 Å². The van der Waals surface area contributed by atoms with Gasteiger partial charge < -0.3 is 4.74 Å². The first kappa shape index (κ1) is 28.2. The number of rotatable bonds is 6. The zero-order valence-electron chi connectivity index (χ0n) is 22.4. The number of ether oxygens (including phenoxy) is 1. The van der Waals surface area contributed by atoms with Crippen molar-refractivity contribution in [3.63, 3.8) is 0 Å². The second-order valence-electron chi connectivity index (χ2n) is 9.92. The van der Waals surface area contributed by atoms with Gasteiger partial charge in [0.2, 0.25) is 5.96 Å². The van der Waals surface area contributed by atoms with Crippen LogP contribution in [-0.2, 0) is 11.3 Å². The SMILES string of the molecule is Cc1ccc(-c2ncc(CN=C(NSc3ccccc3)NC(=O)OC(C)(C)C)cc2-c2ccc(Cl)cc2)cc1. The monoisotopic (exact) mass is 558 g/mol. The fourth-order valence-corrected chi connectivity index (χ4v) is 4.40. The van der Waals surface area contributed by atoms with Crippen LogP contribution in [0, 0.1) is 6.92 Å². The molecule has 0 spiro atoms. The molecule has 39 heavy (non-hydrogen) atoms. The molecule has 1 amide bonds. The average molecular weight is 559 g/mol. The van der Waals surface area contributed by atoms with Crippen LogP contribution in [0.5, 0.6) is 0 Å². The van der Waals surface area contributed by atoms with Crippen molar-refractivity contribution >= 4 is 35.6 Å². The van der Waals surface area contributed by atoms with E-state index in [2.05, 4.69) is 52.3 Å². The molecule has 4 aromatic rings. The van der Waals surface area contributed by atoms with Crippen molar-refractivity contribution in [1.82, 2.24) is 15.0 Å². The van der Waals surface area contributed by atoms with Gasteiger partial charge in [0, 0.05) is 27.2 Å². The van der Waals surface area contributed by atoms with Crippen LogP contribution in [0.1, 0.15) is 31.9 Å². The smallest absolute Gasteiger partial charge is 0.414 e. The van der Waals surface area contributed by atoms with Gasteiger partial charge in [-0.15, -0.1) is 0 Å². The number of carbonyl (C=O) groups is 1. The third kappa shape index (κ3) is 8.60. The highest BCUT2D eigenvalue weighted by molar-refractivity contribution is 7.98. The molecule has 0 bridgehead atoms. The van der Waals surface area contributed by atoms with Gasteiger partial charge in [0.25, 0.3) is 0 Å². The molecule has 3 aromatic carbocycles. The number of pyridine rings is 1. The lowest BCUT2D eigenvalue weighted by atomic mass is 9.97. The molecule has 0 aliphatic heterocycles. The van der Waals surface area contributed by atoms with Gasteiger partial charge in [-0.05, 0) is 81.1 Å². The number of guanidine groups is 1. The number of nitrogens with zero attached hydrogens (tertiary/aromatic N) is 2. The number of halogens is 1. The molecule has 0 saturated heterocycles. The van der Waals surface area contributed by atoms with E-state index in [0.29, 0.717) is 5.02 Å². The van der Waals surface area contributed by atoms with Crippen LogP contribution in [0.2, 0.25) is 5.02 Å². The molecule has 0 saturated carbocycles. The summed E-state index contributed by atoms with van der Waals surface area (Å²) in [4.78, 5) is 22.9. The fraction of sp³-hybridized carbons (Fsp3) is 0.194. The number of hydrogen-bond donors (Lipinski definition) is 2. The third-order valence-electron chi connectivity index (χ3n) is 5.47. The molecular formula is C31H31ClN4O2S. The maximum atomic E-state index is 12.5. The van der Waals surface area contributed by atoms with Gasteiger partial charge in [-0.2, -0.15) is 0 Å². The summed E-state index contributed by atoms with van der Waals surface area (Å²) < 4.78 is 8.57. The van der Waals surface area contributed by atoms with Gasteiger partial charge in [0.1, 0.15) is 5.60 Å². The van der Waals surface area contributed by atoms with E-state index in [1.54, 1.807) is 0 Å². The van der Waals surface area contributed by atoms with E-state index in [-0.39, 0.29) is 12.5 Å². The van der Waals surface area contributed by atoms with Crippen molar-refractivity contribution in [1.29, 1.82) is 0 Å². The number of hydrogen-bond acceptors (Lipinski definition) is 5. The largest absolute Gasteiger partial charge is 0.444 e.